The van der Waals surface area contributed by atoms with E-state index in [0.717, 1.165) is 12.8 Å². The molecule has 1 heterocycles. The van der Waals surface area contributed by atoms with Crippen LogP contribution in [0.1, 0.15) is 44.9 Å². The summed E-state index contributed by atoms with van der Waals surface area (Å²) in [7, 11) is 0. The highest BCUT2D eigenvalue weighted by Crippen LogP contribution is 2.18. The van der Waals surface area contributed by atoms with Crippen LogP contribution >= 0.6 is 0 Å². The minimum Gasteiger partial charge on any atom is -0.303 e. The smallest absolute Gasteiger partial charge is 0.244 e. The molecule has 1 saturated heterocycles. The topological polar surface area (TPSA) is 58.2 Å². The third kappa shape index (κ3) is 2.78. The molecule has 1 saturated carbocycles. The van der Waals surface area contributed by atoms with Gasteiger partial charge in [-0.3, -0.25) is 14.9 Å². The summed E-state index contributed by atoms with van der Waals surface area (Å²) in [5.41, 5.74) is 0. The molecule has 15 heavy (non-hydrogen) atoms. The zero-order valence-corrected chi connectivity index (χ0v) is 8.92. The molecule has 0 aromatic heterocycles. The second kappa shape index (κ2) is 4.75. The van der Waals surface area contributed by atoms with Gasteiger partial charge in [0.1, 0.15) is 0 Å². The highest BCUT2D eigenvalue weighted by molar-refractivity contribution is 6.05. The average Bonchev–Trinajstić information content (AvgIpc) is 2.44. The molecule has 0 spiro atoms. The molecule has 2 amide bonds. The number of hydrogen-bond donors (Lipinski definition) is 2. The molecular weight excluding hydrogens is 192 g/mol. The van der Waals surface area contributed by atoms with Crippen molar-refractivity contribution in [2.75, 3.05) is 0 Å². The quantitative estimate of drug-likeness (QED) is 0.521. The molecule has 0 radical (unpaired) electrons. The second-order valence-corrected chi connectivity index (χ2v) is 4.52. The van der Waals surface area contributed by atoms with E-state index in [-0.39, 0.29) is 17.9 Å². The van der Waals surface area contributed by atoms with Crippen molar-refractivity contribution in [2.45, 2.75) is 57.0 Å². The number of amides is 2. The summed E-state index contributed by atoms with van der Waals surface area (Å²) in [6.45, 7) is 0. The van der Waals surface area contributed by atoms with Gasteiger partial charge in [-0.05, 0) is 12.8 Å². The lowest BCUT2D eigenvalue weighted by Crippen LogP contribution is -2.42. The van der Waals surface area contributed by atoms with Gasteiger partial charge in [0, 0.05) is 6.04 Å². The van der Waals surface area contributed by atoms with Crippen molar-refractivity contribution in [3.8, 4) is 0 Å². The number of rotatable bonds is 2. The Hall–Kier alpha value is -0.900. The number of hydrogen-bond acceptors (Lipinski definition) is 3. The van der Waals surface area contributed by atoms with Crippen LogP contribution in [0.25, 0.3) is 0 Å². The van der Waals surface area contributed by atoms with E-state index >= 15 is 0 Å². The van der Waals surface area contributed by atoms with Crippen LogP contribution in [0.5, 0.6) is 0 Å². The monoisotopic (exact) mass is 210 g/mol. The van der Waals surface area contributed by atoms with E-state index in [1.54, 1.807) is 0 Å². The van der Waals surface area contributed by atoms with Crippen molar-refractivity contribution in [3.05, 3.63) is 0 Å². The molecule has 1 atom stereocenters. The maximum absolute atomic E-state index is 11.3. The van der Waals surface area contributed by atoms with Gasteiger partial charge in [0.25, 0.3) is 0 Å². The molecule has 0 aromatic carbocycles. The normalized spacial score (nSPS) is 28.9. The van der Waals surface area contributed by atoms with Gasteiger partial charge in [-0.15, -0.1) is 0 Å². The van der Waals surface area contributed by atoms with Crippen molar-refractivity contribution in [3.63, 3.8) is 0 Å². The maximum atomic E-state index is 11.3. The van der Waals surface area contributed by atoms with Crippen molar-refractivity contribution < 1.29 is 9.59 Å². The Kier molecular flexibility index (Phi) is 3.36. The second-order valence-electron chi connectivity index (χ2n) is 4.52. The van der Waals surface area contributed by atoms with Crippen LogP contribution in [-0.2, 0) is 9.59 Å². The highest BCUT2D eigenvalue weighted by atomic mass is 16.2. The zero-order chi connectivity index (χ0) is 10.7. The Labute approximate surface area is 89.8 Å². The van der Waals surface area contributed by atoms with E-state index in [9.17, 15) is 9.59 Å². The van der Waals surface area contributed by atoms with E-state index in [1.807, 2.05) is 0 Å². The Morgan fingerprint density at radius 3 is 2.27 bits per heavy atom. The van der Waals surface area contributed by atoms with Crippen molar-refractivity contribution >= 4 is 11.8 Å². The van der Waals surface area contributed by atoms with Gasteiger partial charge in [0.15, 0.2) is 0 Å². The maximum Gasteiger partial charge on any atom is 0.244 e. The Morgan fingerprint density at radius 2 is 1.73 bits per heavy atom. The first-order valence-electron chi connectivity index (χ1n) is 5.85. The standard InChI is InChI=1S/C11H18N2O2/c14-10-7-9(11(15)13-10)12-8-5-3-1-2-4-6-8/h8-9,12H,1-7H2,(H,13,14,15)/t9-/m1/s1. The molecule has 2 fully saturated rings. The largest absolute Gasteiger partial charge is 0.303 e. The van der Waals surface area contributed by atoms with Gasteiger partial charge < -0.3 is 5.32 Å². The molecule has 0 aromatic rings. The van der Waals surface area contributed by atoms with Gasteiger partial charge in [0.05, 0.1) is 12.5 Å². The van der Waals surface area contributed by atoms with E-state index < -0.39 is 0 Å². The van der Waals surface area contributed by atoms with Crippen molar-refractivity contribution in [1.82, 2.24) is 10.6 Å². The van der Waals surface area contributed by atoms with Crippen LogP contribution in [0.3, 0.4) is 0 Å². The van der Waals surface area contributed by atoms with Gasteiger partial charge in [-0.1, -0.05) is 25.7 Å². The predicted octanol–water partition coefficient (Wildman–Crippen LogP) is 0.714. The van der Waals surface area contributed by atoms with Crippen LogP contribution < -0.4 is 10.6 Å². The van der Waals surface area contributed by atoms with E-state index in [4.69, 9.17) is 0 Å². The van der Waals surface area contributed by atoms with Crippen molar-refractivity contribution in [2.24, 2.45) is 0 Å². The first-order valence-corrected chi connectivity index (χ1v) is 5.85. The summed E-state index contributed by atoms with van der Waals surface area (Å²) >= 11 is 0. The molecule has 0 bridgehead atoms. The first kappa shape index (κ1) is 10.6. The Morgan fingerprint density at radius 1 is 1.07 bits per heavy atom. The molecule has 2 aliphatic rings. The van der Waals surface area contributed by atoms with Crippen LogP contribution in [0.4, 0.5) is 0 Å². The van der Waals surface area contributed by atoms with Crippen LogP contribution in [-0.4, -0.2) is 23.9 Å². The minimum absolute atomic E-state index is 0.147. The van der Waals surface area contributed by atoms with Gasteiger partial charge in [0.2, 0.25) is 11.8 Å². The SMILES string of the molecule is O=C1C[C@@H](NC2CCCCCC2)C(=O)N1. The lowest BCUT2D eigenvalue weighted by molar-refractivity contribution is -0.125. The summed E-state index contributed by atoms with van der Waals surface area (Å²) in [5, 5.41) is 5.64. The number of carbonyl (C=O) groups is 2. The van der Waals surface area contributed by atoms with Crippen LogP contribution in [0, 0.1) is 0 Å². The fourth-order valence-electron chi connectivity index (χ4n) is 2.42. The molecule has 2 N–H and O–H groups in total. The summed E-state index contributed by atoms with van der Waals surface area (Å²) in [4.78, 5) is 22.4. The fraction of sp³-hybridized carbons (Fsp3) is 0.818. The number of carbonyl (C=O) groups excluding carboxylic acids is 2. The summed E-state index contributed by atoms with van der Waals surface area (Å²) in [5.74, 6) is -0.296. The molecule has 4 nitrogen and oxygen atoms in total. The first-order chi connectivity index (χ1) is 7.25. The molecule has 4 heteroatoms. The third-order valence-corrected chi connectivity index (χ3v) is 3.26. The number of imide groups is 1. The van der Waals surface area contributed by atoms with Gasteiger partial charge in [-0.2, -0.15) is 0 Å². The van der Waals surface area contributed by atoms with Gasteiger partial charge >= 0.3 is 0 Å². The van der Waals surface area contributed by atoms with Crippen LogP contribution in [0.2, 0.25) is 0 Å². The molecule has 84 valence electrons. The summed E-state index contributed by atoms with van der Waals surface area (Å²) in [6, 6.07) is 0.148. The summed E-state index contributed by atoms with van der Waals surface area (Å²) < 4.78 is 0. The molecule has 1 aliphatic heterocycles. The third-order valence-electron chi connectivity index (χ3n) is 3.26. The van der Waals surface area contributed by atoms with Crippen LogP contribution in [0.15, 0.2) is 0 Å². The molecule has 1 aliphatic carbocycles. The number of nitrogens with one attached hydrogen (secondary N) is 2. The highest BCUT2D eigenvalue weighted by Gasteiger charge is 2.31. The Balaban J connectivity index is 1.84. The minimum atomic E-state index is -0.277. The molecule has 2 rings (SSSR count). The Bertz CT molecular complexity index is 257. The predicted molar refractivity (Wildman–Crippen MR) is 56.2 cm³/mol. The van der Waals surface area contributed by atoms with E-state index in [0.29, 0.717) is 12.5 Å². The van der Waals surface area contributed by atoms with E-state index in [1.165, 1.54) is 25.7 Å². The van der Waals surface area contributed by atoms with Crippen molar-refractivity contribution in [1.29, 1.82) is 0 Å². The average molecular weight is 210 g/mol. The fourth-order valence-corrected chi connectivity index (χ4v) is 2.42. The molecule has 0 unspecified atom stereocenters. The zero-order valence-electron chi connectivity index (χ0n) is 8.92. The lowest BCUT2D eigenvalue weighted by Gasteiger charge is -2.19. The van der Waals surface area contributed by atoms with Gasteiger partial charge in [-0.25, -0.2) is 0 Å². The lowest BCUT2D eigenvalue weighted by atomic mass is 10.1. The molecular formula is C11H18N2O2. The summed E-state index contributed by atoms with van der Waals surface area (Å²) in [6.07, 6.45) is 7.66. The van der Waals surface area contributed by atoms with E-state index in [2.05, 4.69) is 10.6 Å².